The van der Waals surface area contributed by atoms with Gasteiger partial charge in [0.15, 0.2) is 5.78 Å². The average Bonchev–Trinajstić information content (AvgIpc) is 2.55. The Bertz CT molecular complexity index is 704. The fraction of sp³-hybridized carbons (Fsp3) is 0.176. The monoisotopic (exact) mass is 351 g/mol. The number of nitrogens with two attached hydrogens (primary N) is 1. The first-order valence-corrected chi connectivity index (χ1v) is 7.67. The number of rotatable bonds is 6. The lowest BCUT2D eigenvalue weighted by Crippen LogP contribution is -2.34. The number of benzene rings is 2. The number of carbonyl (C=O) groups is 2. The molecule has 0 spiro atoms. The number of hydrogen-bond acceptors (Lipinski definition) is 4. The molecule has 0 radical (unpaired) electrons. The van der Waals surface area contributed by atoms with Crippen molar-refractivity contribution in [2.75, 3.05) is 0 Å². The number of carbonyl (C=O) groups excluding carboxylic acids is 2. The number of halogens is 2. The molecule has 2 aromatic rings. The summed E-state index contributed by atoms with van der Waals surface area (Å²) < 4.78 is 5.11. The molecule has 0 aliphatic rings. The van der Waals surface area contributed by atoms with Gasteiger partial charge in [0.1, 0.15) is 12.6 Å². The fourth-order valence-corrected chi connectivity index (χ4v) is 2.20. The highest BCUT2D eigenvalue weighted by molar-refractivity contribution is 6.42. The lowest BCUT2D eigenvalue weighted by molar-refractivity contribution is -0.146. The molecule has 0 saturated heterocycles. The maximum Gasteiger partial charge on any atom is 0.323 e. The van der Waals surface area contributed by atoms with E-state index >= 15 is 0 Å². The highest BCUT2D eigenvalue weighted by atomic mass is 35.5. The Balaban J connectivity index is 1.89. The Morgan fingerprint density at radius 1 is 1.04 bits per heavy atom. The van der Waals surface area contributed by atoms with E-state index in [1.165, 1.54) is 12.1 Å². The molecule has 1 atom stereocenters. The third-order valence-corrected chi connectivity index (χ3v) is 3.91. The van der Waals surface area contributed by atoms with Crippen molar-refractivity contribution in [3.8, 4) is 0 Å². The smallest absolute Gasteiger partial charge is 0.323 e. The van der Waals surface area contributed by atoms with Crippen LogP contribution in [0.1, 0.15) is 22.3 Å². The molecular weight excluding hydrogens is 337 g/mol. The van der Waals surface area contributed by atoms with Gasteiger partial charge >= 0.3 is 5.97 Å². The molecule has 0 fully saturated rings. The van der Waals surface area contributed by atoms with Crippen LogP contribution in [-0.2, 0) is 16.1 Å². The summed E-state index contributed by atoms with van der Waals surface area (Å²) in [6.45, 7) is 0.119. The van der Waals surface area contributed by atoms with E-state index in [2.05, 4.69) is 0 Å². The summed E-state index contributed by atoms with van der Waals surface area (Å²) >= 11 is 11.7. The number of ether oxygens (including phenoxy) is 1. The van der Waals surface area contributed by atoms with Gasteiger partial charge in [-0.25, -0.2) is 0 Å². The van der Waals surface area contributed by atoms with Crippen LogP contribution in [0, 0.1) is 0 Å². The van der Waals surface area contributed by atoms with E-state index in [0.717, 1.165) is 5.56 Å². The SMILES string of the molecule is NC(CC(=O)c1ccc(Cl)c(Cl)c1)C(=O)OCc1ccccc1. The zero-order valence-electron chi connectivity index (χ0n) is 12.2. The average molecular weight is 352 g/mol. The molecule has 1 unspecified atom stereocenters. The molecule has 4 nitrogen and oxygen atoms in total. The van der Waals surface area contributed by atoms with Crippen molar-refractivity contribution in [3.63, 3.8) is 0 Å². The zero-order chi connectivity index (χ0) is 16.8. The first-order chi connectivity index (χ1) is 11.0. The largest absolute Gasteiger partial charge is 0.460 e. The standard InChI is InChI=1S/C17H15Cl2NO3/c18-13-7-6-12(8-14(13)19)16(21)9-15(20)17(22)23-10-11-4-2-1-3-5-11/h1-8,15H,9-10,20H2. The van der Waals surface area contributed by atoms with Crippen LogP contribution in [0.5, 0.6) is 0 Å². The maximum atomic E-state index is 12.1. The van der Waals surface area contributed by atoms with Crippen LogP contribution < -0.4 is 5.73 Å². The summed E-state index contributed by atoms with van der Waals surface area (Å²) in [5.74, 6) is -0.921. The van der Waals surface area contributed by atoms with E-state index in [-0.39, 0.29) is 23.8 Å². The van der Waals surface area contributed by atoms with Gasteiger partial charge in [-0.3, -0.25) is 9.59 Å². The van der Waals surface area contributed by atoms with E-state index in [0.29, 0.717) is 10.6 Å². The van der Waals surface area contributed by atoms with Crippen LogP contribution in [0.25, 0.3) is 0 Å². The first-order valence-electron chi connectivity index (χ1n) is 6.92. The Morgan fingerprint density at radius 2 is 1.74 bits per heavy atom. The molecule has 2 N–H and O–H groups in total. The van der Waals surface area contributed by atoms with Gasteiger partial charge < -0.3 is 10.5 Å². The van der Waals surface area contributed by atoms with Crippen LogP contribution in [0.15, 0.2) is 48.5 Å². The van der Waals surface area contributed by atoms with Gasteiger partial charge in [-0.05, 0) is 23.8 Å². The Labute approximate surface area is 144 Å². The van der Waals surface area contributed by atoms with Crippen molar-refractivity contribution in [2.45, 2.75) is 19.1 Å². The molecule has 6 heteroatoms. The summed E-state index contributed by atoms with van der Waals surface area (Å²) in [5, 5.41) is 0.632. The molecule has 0 aliphatic heterocycles. The molecule has 120 valence electrons. The fourth-order valence-electron chi connectivity index (χ4n) is 1.91. The molecule has 2 aromatic carbocycles. The minimum absolute atomic E-state index is 0.119. The Morgan fingerprint density at radius 3 is 2.39 bits per heavy atom. The van der Waals surface area contributed by atoms with Crippen LogP contribution in [-0.4, -0.2) is 17.8 Å². The van der Waals surface area contributed by atoms with Gasteiger partial charge in [0.25, 0.3) is 0 Å². The van der Waals surface area contributed by atoms with Crippen molar-refractivity contribution in [3.05, 3.63) is 69.7 Å². The number of Topliss-reactive ketones (excluding diaryl/α,β-unsaturated/α-hetero) is 1. The third-order valence-electron chi connectivity index (χ3n) is 3.17. The van der Waals surface area contributed by atoms with Crippen LogP contribution >= 0.6 is 23.2 Å². The predicted molar refractivity (Wildman–Crippen MR) is 89.6 cm³/mol. The summed E-state index contributed by atoms with van der Waals surface area (Å²) in [6.07, 6.45) is -0.161. The van der Waals surface area contributed by atoms with Crippen LogP contribution in [0.2, 0.25) is 10.0 Å². The Kier molecular flexibility index (Phi) is 6.16. The van der Waals surface area contributed by atoms with Gasteiger partial charge in [0, 0.05) is 12.0 Å². The number of ketones is 1. The number of esters is 1. The molecule has 0 bridgehead atoms. The molecule has 0 aliphatic carbocycles. The second-order valence-electron chi connectivity index (χ2n) is 4.96. The maximum absolute atomic E-state index is 12.1. The van der Waals surface area contributed by atoms with E-state index in [4.69, 9.17) is 33.7 Å². The summed E-state index contributed by atoms with van der Waals surface area (Å²) in [5.41, 5.74) is 6.94. The second-order valence-corrected chi connectivity index (χ2v) is 5.77. The summed E-state index contributed by atoms with van der Waals surface area (Å²) in [7, 11) is 0. The molecule has 0 amide bonds. The van der Waals surface area contributed by atoms with Crippen molar-refractivity contribution < 1.29 is 14.3 Å². The van der Waals surface area contributed by atoms with Gasteiger partial charge in [0.2, 0.25) is 0 Å². The normalized spacial score (nSPS) is 11.8. The lowest BCUT2D eigenvalue weighted by Gasteiger charge is -2.11. The quantitative estimate of drug-likeness (QED) is 0.637. The van der Waals surface area contributed by atoms with Crippen molar-refractivity contribution in [1.82, 2.24) is 0 Å². The molecule has 2 rings (SSSR count). The molecule has 0 aromatic heterocycles. The minimum Gasteiger partial charge on any atom is -0.460 e. The highest BCUT2D eigenvalue weighted by Crippen LogP contribution is 2.23. The zero-order valence-corrected chi connectivity index (χ0v) is 13.7. The van der Waals surface area contributed by atoms with Crippen LogP contribution in [0.4, 0.5) is 0 Å². The second kappa shape index (κ2) is 8.11. The van der Waals surface area contributed by atoms with E-state index in [9.17, 15) is 9.59 Å². The topological polar surface area (TPSA) is 69.4 Å². The van der Waals surface area contributed by atoms with Gasteiger partial charge in [-0.2, -0.15) is 0 Å². The Hall–Kier alpha value is -1.88. The van der Waals surface area contributed by atoms with E-state index in [1.807, 2.05) is 30.3 Å². The summed E-state index contributed by atoms with van der Waals surface area (Å²) in [6, 6.07) is 12.7. The molecule has 23 heavy (non-hydrogen) atoms. The van der Waals surface area contributed by atoms with Crippen molar-refractivity contribution >= 4 is 35.0 Å². The highest BCUT2D eigenvalue weighted by Gasteiger charge is 2.20. The van der Waals surface area contributed by atoms with E-state index < -0.39 is 12.0 Å². The van der Waals surface area contributed by atoms with Crippen molar-refractivity contribution in [1.29, 1.82) is 0 Å². The van der Waals surface area contributed by atoms with Gasteiger partial charge in [-0.15, -0.1) is 0 Å². The number of hydrogen-bond donors (Lipinski definition) is 1. The third kappa shape index (κ3) is 5.06. The predicted octanol–water partition coefficient (Wildman–Crippen LogP) is 3.64. The van der Waals surface area contributed by atoms with Gasteiger partial charge in [0.05, 0.1) is 10.0 Å². The molecule has 0 heterocycles. The van der Waals surface area contributed by atoms with Crippen molar-refractivity contribution in [2.24, 2.45) is 5.73 Å². The molecular formula is C17H15Cl2NO3. The van der Waals surface area contributed by atoms with Gasteiger partial charge in [-0.1, -0.05) is 53.5 Å². The minimum atomic E-state index is -1.03. The molecule has 0 saturated carbocycles. The lowest BCUT2D eigenvalue weighted by atomic mass is 10.0. The van der Waals surface area contributed by atoms with Crippen LogP contribution in [0.3, 0.4) is 0 Å². The van der Waals surface area contributed by atoms with E-state index in [1.54, 1.807) is 6.07 Å². The summed E-state index contributed by atoms with van der Waals surface area (Å²) in [4.78, 5) is 24.0. The first kappa shape index (κ1) is 17.5.